The van der Waals surface area contributed by atoms with Crippen LogP contribution in [-0.2, 0) is 6.54 Å². The number of likely N-dealkylation sites (tertiary alicyclic amines) is 1. The SMILES string of the molecule is O=C(NC1CCN(Cc2cccc(Oc3ccccc3)c2)CC1)c1ccccc1. The summed E-state index contributed by atoms with van der Waals surface area (Å²) in [6.07, 6.45) is 1.94. The Labute approximate surface area is 172 Å². The van der Waals surface area contributed by atoms with E-state index >= 15 is 0 Å². The van der Waals surface area contributed by atoms with Gasteiger partial charge in [0.2, 0.25) is 0 Å². The van der Waals surface area contributed by atoms with E-state index in [1.807, 2.05) is 72.8 Å². The van der Waals surface area contributed by atoms with Gasteiger partial charge in [0, 0.05) is 31.2 Å². The van der Waals surface area contributed by atoms with Gasteiger partial charge >= 0.3 is 0 Å². The van der Waals surface area contributed by atoms with Crippen molar-refractivity contribution in [1.82, 2.24) is 10.2 Å². The van der Waals surface area contributed by atoms with Crippen molar-refractivity contribution >= 4 is 5.91 Å². The Morgan fingerprint density at radius 2 is 1.52 bits per heavy atom. The largest absolute Gasteiger partial charge is 0.457 e. The number of carbonyl (C=O) groups is 1. The second-order valence-electron chi connectivity index (χ2n) is 7.45. The van der Waals surface area contributed by atoms with E-state index in [0.29, 0.717) is 0 Å². The van der Waals surface area contributed by atoms with Crippen LogP contribution in [0.3, 0.4) is 0 Å². The van der Waals surface area contributed by atoms with E-state index in [1.54, 1.807) is 0 Å². The smallest absolute Gasteiger partial charge is 0.251 e. The Balaban J connectivity index is 1.27. The molecule has 3 aromatic carbocycles. The molecule has 0 aromatic heterocycles. The summed E-state index contributed by atoms with van der Waals surface area (Å²) in [6.45, 7) is 2.85. The van der Waals surface area contributed by atoms with Crippen LogP contribution in [0.1, 0.15) is 28.8 Å². The van der Waals surface area contributed by atoms with Crippen molar-refractivity contribution < 1.29 is 9.53 Å². The molecule has 4 rings (SSSR count). The molecule has 0 radical (unpaired) electrons. The molecule has 0 unspecified atom stereocenters. The standard InChI is InChI=1S/C25H26N2O2/c28-25(21-9-3-1-4-10-21)26-22-14-16-27(17-15-22)19-20-8-7-13-24(18-20)29-23-11-5-2-6-12-23/h1-13,18,22H,14-17,19H2,(H,26,28). The fraction of sp³-hybridized carbons (Fsp3) is 0.240. The number of para-hydroxylation sites is 1. The Hall–Kier alpha value is -3.11. The first-order chi connectivity index (χ1) is 14.3. The van der Waals surface area contributed by atoms with Gasteiger partial charge in [0.05, 0.1) is 0 Å². The summed E-state index contributed by atoms with van der Waals surface area (Å²) in [5.74, 6) is 1.73. The lowest BCUT2D eigenvalue weighted by Crippen LogP contribution is -2.44. The first-order valence-electron chi connectivity index (χ1n) is 10.2. The molecule has 0 bridgehead atoms. The highest BCUT2D eigenvalue weighted by Crippen LogP contribution is 2.23. The lowest BCUT2D eigenvalue weighted by atomic mass is 10.0. The van der Waals surface area contributed by atoms with Crippen LogP contribution in [0.4, 0.5) is 0 Å². The maximum absolute atomic E-state index is 12.3. The molecule has 0 saturated carbocycles. The number of hydrogen-bond donors (Lipinski definition) is 1. The second kappa shape index (κ2) is 9.39. The van der Waals surface area contributed by atoms with Crippen molar-refractivity contribution in [2.45, 2.75) is 25.4 Å². The number of benzene rings is 3. The quantitative estimate of drug-likeness (QED) is 0.657. The normalized spacial score (nSPS) is 15.0. The van der Waals surface area contributed by atoms with Crippen LogP contribution in [0.25, 0.3) is 0 Å². The molecule has 0 atom stereocenters. The van der Waals surface area contributed by atoms with Gasteiger partial charge in [-0.3, -0.25) is 9.69 Å². The highest BCUT2D eigenvalue weighted by molar-refractivity contribution is 5.94. The molecule has 3 aromatic rings. The van der Waals surface area contributed by atoms with Crippen molar-refractivity contribution in [3.8, 4) is 11.5 Å². The highest BCUT2D eigenvalue weighted by Gasteiger charge is 2.21. The number of ether oxygens (including phenoxy) is 1. The summed E-state index contributed by atoms with van der Waals surface area (Å²) in [7, 11) is 0. The number of carbonyl (C=O) groups excluding carboxylic acids is 1. The third kappa shape index (κ3) is 5.46. The summed E-state index contributed by atoms with van der Waals surface area (Å²) in [4.78, 5) is 14.8. The Bertz CT molecular complexity index is 920. The molecule has 1 N–H and O–H groups in total. The lowest BCUT2D eigenvalue weighted by Gasteiger charge is -2.32. The third-order valence-electron chi connectivity index (χ3n) is 5.24. The van der Waals surface area contributed by atoms with E-state index < -0.39 is 0 Å². The topological polar surface area (TPSA) is 41.6 Å². The van der Waals surface area contributed by atoms with Crippen LogP contribution < -0.4 is 10.1 Å². The van der Waals surface area contributed by atoms with Gasteiger partial charge in [0.1, 0.15) is 11.5 Å². The van der Waals surface area contributed by atoms with E-state index in [4.69, 9.17) is 4.74 Å². The molecule has 1 saturated heterocycles. The molecule has 4 heteroatoms. The third-order valence-corrected chi connectivity index (χ3v) is 5.24. The van der Waals surface area contributed by atoms with Crippen molar-refractivity contribution in [2.75, 3.05) is 13.1 Å². The van der Waals surface area contributed by atoms with Gasteiger partial charge in [0.25, 0.3) is 5.91 Å². The average molecular weight is 386 g/mol. The van der Waals surface area contributed by atoms with E-state index in [-0.39, 0.29) is 11.9 Å². The molecule has 4 nitrogen and oxygen atoms in total. The molecular weight excluding hydrogens is 360 g/mol. The second-order valence-corrected chi connectivity index (χ2v) is 7.45. The Morgan fingerprint density at radius 3 is 2.24 bits per heavy atom. The van der Waals surface area contributed by atoms with Gasteiger partial charge in [-0.15, -0.1) is 0 Å². The Morgan fingerprint density at radius 1 is 0.862 bits per heavy atom. The average Bonchev–Trinajstić information content (AvgIpc) is 2.77. The van der Waals surface area contributed by atoms with Crippen LogP contribution in [0.5, 0.6) is 11.5 Å². The summed E-state index contributed by atoms with van der Waals surface area (Å²) in [5, 5.41) is 3.17. The van der Waals surface area contributed by atoms with E-state index in [2.05, 4.69) is 22.3 Å². The van der Waals surface area contributed by atoms with Gasteiger partial charge in [0.15, 0.2) is 0 Å². The molecule has 1 fully saturated rings. The van der Waals surface area contributed by atoms with Crippen LogP contribution >= 0.6 is 0 Å². The fourth-order valence-corrected chi connectivity index (χ4v) is 3.68. The van der Waals surface area contributed by atoms with Crippen LogP contribution in [-0.4, -0.2) is 29.9 Å². The van der Waals surface area contributed by atoms with E-state index in [1.165, 1.54) is 5.56 Å². The predicted molar refractivity (Wildman–Crippen MR) is 115 cm³/mol. The minimum Gasteiger partial charge on any atom is -0.457 e. The van der Waals surface area contributed by atoms with Gasteiger partial charge in [-0.25, -0.2) is 0 Å². The van der Waals surface area contributed by atoms with Gasteiger partial charge in [-0.05, 0) is 54.8 Å². The molecule has 1 amide bonds. The van der Waals surface area contributed by atoms with E-state index in [9.17, 15) is 4.79 Å². The van der Waals surface area contributed by atoms with E-state index in [0.717, 1.165) is 49.5 Å². The monoisotopic (exact) mass is 386 g/mol. The minimum absolute atomic E-state index is 0.0230. The van der Waals surface area contributed by atoms with Gasteiger partial charge < -0.3 is 10.1 Å². The minimum atomic E-state index is 0.0230. The molecule has 1 aliphatic rings. The summed E-state index contributed by atoms with van der Waals surface area (Å²) in [5.41, 5.74) is 1.97. The van der Waals surface area contributed by atoms with Crippen molar-refractivity contribution in [2.24, 2.45) is 0 Å². The van der Waals surface area contributed by atoms with Crippen molar-refractivity contribution in [1.29, 1.82) is 0 Å². The number of nitrogens with one attached hydrogen (secondary N) is 1. The number of rotatable bonds is 6. The summed E-state index contributed by atoms with van der Waals surface area (Å²) in [6, 6.07) is 27.8. The molecule has 0 aliphatic carbocycles. The molecule has 0 spiro atoms. The first kappa shape index (κ1) is 19.2. The molecule has 29 heavy (non-hydrogen) atoms. The maximum Gasteiger partial charge on any atom is 0.251 e. The Kier molecular flexibility index (Phi) is 6.22. The number of piperidine rings is 1. The summed E-state index contributed by atoms with van der Waals surface area (Å²) < 4.78 is 5.95. The van der Waals surface area contributed by atoms with Gasteiger partial charge in [-0.2, -0.15) is 0 Å². The zero-order chi connectivity index (χ0) is 19.9. The van der Waals surface area contributed by atoms with Crippen molar-refractivity contribution in [3.05, 3.63) is 96.1 Å². The predicted octanol–water partition coefficient (Wildman–Crippen LogP) is 4.87. The first-order valence-corrected chi connectivity index (χ1v) is 10.2. The van der Waals surface area contributed by atoms with Gasteiger partial charge in [-0.1, -0.05) is 48.5 Å². The number of hydrogen-bond acceptors (Lipinski definition) is 3. The van der Waals surface area contributed by atoms with Crippen molar-refractivity contribution in [3.63, 3.8) is 0 Å². The molecule has 1 heterocycles. The molecular formula is C25H26N2O2. The van der Waals surface area contributed by atoms with Crippen LogP contribution in [0, 0.1) is 0 Å². The zero-order valence-electron chi connectivity index (χ0n) is 16.5. The zero-order valence-corrected chi connectivity index (χ0v) is 16.5. The lowest BCUT2D eigenvalue weighted by molar-refractivity contribution is 0.0909. The number of nitrogens with zero attached hydrogens (tertiary/aromatic N) is 1. The fourth-order valence-electron chi connectivity index (χ4n) is 3.68. The molecule has 148 valence electrons. The van der Waals surface area contributed by atoms with Crippen LogP contribution in [0.15, 0.2) is 84.9 Å². The molecule has 1 aliphatic heterocycles. The van der Waals surface area contributed by atoms with Crippen LogP contribution in [0.2, 0.25) is 0 Å². The highest BCUT2D eigenvalue weighted by atomic mass is 16.5. The summed E-state index contributed by atoms with van der Waals surface area (Å²) >= 11 is 0. The number of amides is 1. The maximum atomic E-state index is 12.3.